The summed E-state index contributed by atoms with van der Waals surface area (Å²) in [6.07, 6.45) is 16.5. The number of nitrogens with one attached hydrogen (secondary N) is 1. The van der Waals surface area contributed by atoms with Crippen molar-refractivity contribution in [2.45, 2.75) is 53.9 Å². The number of nitrogens with zero attached hydrogens (tertiary/aromatic N) is 5. The summed E-state index contributed by atoms with van der Waals surface area (Å²) >= 11 is 0. The van der Waals surface area contributed by atoms with Gasteiger partial charge >= 0.3 is 11.9 Å². The lowest BCUT2D eigenvalue weighted by Crippen LogP contribution is -2.31. The molecule has 0 radical (unpaired) electrons. The zero-order valence-corrected chi connectivity index (χ0v) is 48.1. The predicted molar refractivity (Wildman–Crippen MR) is 329 cm³/mol. The molecule has 432 valence electrons. The molecule has 3 aliphatic carbocycles. The van der Waals surface area contributed by atoms with Gasteiger partial charge in [0.25, 0.3) is 0 Å². The standard InChI is InChI=1S/C23H27N3O2.C19H17NO3.C13H14O3.C6H5NO.C4H12N2.CH4/c1-16-20(13-17-7-9-24-10-8-17)19-6-5-18(28-4)14-22(19)21(16)15-23(27)25-11-12-26(2)3;1-12-16(9-13-5-7-20-8-6-13)15-4-3-14(23-2)10-18(15)17(12)11-19(21)22;1-8-5-9-3-4-10(16-2)6-12(9)11(8)7-13(14)15;8-5-6-1-3-7-4-2-6;1-6(2)4-3-5;/h5-10,13-14H,11-12,15H2,1-4H3,(H,25,27);3-10H,11H2,1-2H3,(H,21,22);3-4,6H,5,7H2,1-2H3,(H,14,15);1-5H;3-5H2,1-2H3;1H4/b20-13-;16-9-;;;;. The van der Waals surface area contributed by atoms with Gasteiger partial charge in [-0.3, -0.25) is 34.1 Å². The van der Waals surface area contributed by atoms with E-state index in [1.807, 2.05) is 115 Å². The van der Waals surface area contributed by atoms with Crippen LogP contribution in [-0.4, -0.2) is 135 Å². The number of pyridine rings is 3. The van der Waals surface area contributed by atoms with Crippen molar-refractivity contribution in [2.75, 3.05) is 75.7 Å². The third-order valence-electron chi connectivity index (χ3n) is 13.3. The number of carboxylic acids is 2. The second kappa shape index (κ2) is 33.0. The summed E-state index contributed by atoms with van der Waals surface area (Å²) in [5, 5.41) is 21.1. The Morgan fingerprint density at radius 2 is 0.963 bits per heavy atom. The largest absolute Gasteiger partial charge is 0.497 e. The molecule has 0 unspecified atom stereocenters. The van der Waals surface area contributed by atoms with Crippen LogP contribution in [0.4, 0.5) is 0 Å². The first-order chi connectivity index (χ1) is 38.9. The molecule has 0 spiro atoms. The van der Waals surface area contributed by atoms with Gasteiger partial charge in [-0.05, 0) is 224 Å². The molecule has 3 aromatic carbocycles. The molecular formula is C66H79N7O9. The number of aldehydes is 1. The highest BCUT2D eigenvalue weighted by molar-refractivity contribution is 6.09. The van der Waals surface area contributed by atoms with E-state index >= 15 is 0 Å². The summed E-state index contributed by atoms with van der Waals surface area (Å²) in [5.41, 5.74) is 22.6. The number of carboxylic acid groups (broad SMARTS) is 2. The maximum atomic E-state index is 12.5. The highest BCUT2D eigenvalue weighted by Crippen LogP contribution is 2.46. The molecule has 5 N–H and O–H groups in total. The van der Waals surface area contributed by atoms with Crippen molar-refractivity contribution in [3.8, 4) is 17.2 Å². The van der Waals surface area contributed by atoms with Gasteiger partial charge < -0.3 is 45.3 Å². The minimum Gasteiger partial charge on any atom is -0.497 e. The number of rotatable bonds is 17. The topological polar surface area (TPSA) is 220 Å². The normalized spacial score (nSPS) is 13.4. The summed E-state index contributed by atoms with van der Waals surface area (Å²) in [6, 6.07) is 28.8. The Morgan fingerprint density at radius 1 is 0.561 bits per heavy atom. The van der Waals surface area contributed by atoms with E-state index in [0.717, 1.165) is 133 Å². The predicted octanol–water partition coefficient (Wildman–Crippen LogP) is 10.9. The lowest BCUT2D eigenvalue weighted by atomic mass is 10.0. The Labute approximate surface area is 483 Å². The zero-order valence-electron chi connectivity index (χ0n) is 48.1. The first-order valence-corrected chi connectivity index (χ1v) is 26.3. The first kappa shape index (κ1) is 65.7. The van der Waals surface area contributed by atoms with Crippen LogP contribution in [0, 0.1) is 0 Å². The monoisotopic (exact) mass is 1110 g/mol. The SMILES string of the molecule is C.CN(C)CCN.COc1ccc2c(c1)C(CC(=O)NCCN(C)C)=C(C)/C2=C/c1ccncc1.COc1ccc2c(c1)C(CC(=O)O)=C(C)/C2=C/c1ccncc1.COc1ccc2c(c1)C(CC(=O)O)=C(C)C2.O=Cc1ccncc1. The fourth-order valence-electron chi connectivity index (χ4n) is 9.11. The average Bonchev–Trinajstić information content (AvgIpc) is 3.24. The number of nitrogens with two attached hydrogens (primary N) is 1. The van der Waals surface area contributed by atoms with Gasteiger partial charge in [-0.2, -0.15) is 0 Å². The third kappa shape index (κ3) is 19.2. The summed E-state index contributed by atoms with van der Waals surface area (Å²) in [7, 11) is 12.9. The van der Waals surface area contributed by atoms with Crippen molar-refractivity contribution < 1.29 is 43.6 Å². The molecule has 0 saturated heterocycles. The van der Waals surface area contributed by atoms with Crippen LogP contribution in [0.15, 0.2) is 145 Å². The summed E-state index contributed by atoms with van der Waals surface area (Å²) < 4.78 is 15.9. The highest BCUT2D eigenvalue weighted by Gasteiger charge is 2.27. The number of allylic oxidation sites excluding steroid dienone is 5. The molecule has 3 aromatic heterocycles. The van der Waals surface area contributed by atoms with Crippen molar-refractivity contribution >= 4 is 64.1 Å². The van der Waals surface area contributed by atoms with E-state index in [1.165, 1.54) is 5.56 Å². The number of ether oxygens (including phenoxy) is 3. The number of likely N-dealkylation sites (N-methyl/N-ethyl adjacent to an activating group) is 2. The Morgan fingerprint density at radius 3 is 1.34 bits per heavy atom. The van der Waals surface area contributed by atoms with Gasteiger partial charge in [-0.25, -0.2) is 0 Å². The summed E-state index contributed by atoms with van der Waals surface area (Å²) in [5.74, 6) is 0.710. The van der Waals surface area contributed by atoms with E-state index < -0.39 is 11.9 Å². The number of hydrogen-bond acceptors (Lipinski definition) is 13. The molecule has 0 bridgehead atoms. The lowest BCUT2D eigenvalue weighted by Gasteiger charge is -2.12. The molecule has 6 aromatic rings. The highest BCUT2D eigenvalue weighted by atomic mass is 16.5. The van der Waals surface area contributed by atoms with Crippen molar-refractivity contribution in [1.29, 1.82) is 0 Å². The van der Waals surface area contributed by atoms with Crippen LogP contribution in [0.1, 0.15) is 102 Å². The van der Waals surface area contributed by atoms with Gasteiger partial charge in [-0.1, -0.05) is 31.2 Å². The fourth-order valence-corrected chi connectivity index (χ4v) is 9.11. The summed E-state index contributed by atoms with van der Waals surface area (Å²) in [6.45, 7) is 9.25. The van der Waals surface area contributed by atoms with Crippen LogP contribution >= 0.6 is 0 Å². The Kier molecular flexibility index (Phi) is 26.5. The van der Waals surface area contributed by atoms with Gasteiger partial charge in [0, 0.05) is 68.9 Å². The quantitative estimate of drug-likeness (QED) is 0.0624. The van der Waals surface area contributed by atoms with Crippen molar-refractivity contribution in [1.82, 2.24) is 30.1 Å². The van der Waals surface area contributed by atoms with Crippen LogP contribution in [0.5, 0.6) is 17.2 Å². The first-order valence-electron chi connectivity index (χ1n) is 26.3. The van der Waals surface area contributed by atoms with E-state index in [2.05, 4.69) is 55.2 Å². The molecule has 16 heteroatoms. The number of fused-ring (bicyclic) bond motifs is 3. The van der Waals surface area contributed by atoms with Gasteiger partial charge in [0.15, 0.2) is 0 Å². The molecule has 0 fully saturated rings. The third-order valence-corrected chi connectivity index (χ3v) is 13.3. The maximum absolute atomic E-state index is 12.5. The number of methoxy groups -OCH3 is 3. The van der Waals surface area contributed by atoms with Gasteiger partial charge in [-0.15, -0.1) is 0 Å². The van der Waals surface area contributed by atoms with E-state index in [9.17, 15) is 24.3 Å². The van der Waals surface area contributed by atoms with Gasteiger partial charge in [0.1, 0.15) is 23.5 Å². The van der Waals surface area contributed by atoms with Gasteiger partial charge in [0.05, 0.1) is 40.6 Å². The molecule has 82 heavy (non-hydrogen) atoms. The second-order valence-electron chi connectivity index (χ2n) is 19.6. The number of aliphatic carboxylic acids is 2. The van der Waals surface area contributed by atoms with Crippen LogP contribution in [-0.2, 0) is 20.8 Å². The number of carbonyl (C=O) groups excluding carboxylic acids is 2. The average molecular weight is 1110 g/mol. The second-order valence-corrected chi connectivity index (χ2v) is 19.6. The number of benzene rings is 3. The Bertz CT molecular complexity index is 3280. The van der Waals surface area contributed by atoms with E-state index in [4.69, 9.17) is 25.1 Å². The van der Waals surface area contributed by atoms with E-state index in [0.29, 0.717) is 18.5 Å². The molecule has 1 amide bonds. The summed E-state index contributed by atoms with van der Waals surface area (Å²) in [4.78, 5) is 60.5. The van der Waals surface area contributed by atoms with Crippen molar-refractivity contribution in [3.63, 3.8) is 0 Å². The number of aromatic nitrogens is 3. The Hall–Kier alpha value is -8.83. The zero-order chi connectivity index (χ0) is 59.0. The van der Waals surface area contributed by atoms with Crippen molar-refractivity contribution in [3.05, 3.63) is 195 Å². The molecule has 0 saturated carbocycles. The molecular weight excluding hydrogens is 1030 g/mol. The van der Waals surface area contributed by atoms with Crippen LogP contribution in [0.2, 0.25) is 0 Å². The molecule has 9 rings (SSSR count). The molecule has 3 heterocycles. The minimum absolute atomic E-state index is 0. The number of carbonyl (C=O) groups is 4. The van der Waals surface area contributed by atoms with E-state index in [1.54, 1.807) is 70.6 Å². The molecule has 0 aliphatic heterocycles. The minimum atomic E-state index is -0.835. The van der Waals surface area contributed by atoms with E-state index in [-0.39, 0.29) is 26.2 Å². The van der Waals surface area contributed by atoms with Crippen LogP contribution in [0.25, 0.3) is 40.0 Å². The fraction of sp³-hybridized carbons (Fsp3) is 0.288. The van der Waals surface area contributed by atoms with Crippen LogP contribution < -0.4 is 25.3 Å². The smallest absolute Gasteiger partial charge is 0.307 e. The Balaban J connectivity index is 0.000000240. The number of hydrogen-bond donors (Lipinski definition) is 4. The number of amides is 1. The van der Waals surface area contributed by atoms with Crippen molar-refractivity contribution in [2.24, 2.45) is 5.73 Å². The maximum Gasteiger partial charge on any atom is 0.307 e. The lowest BCUT2D eigenvalue weighted by molar-refractivity contribution is -0.136. The van der Waals surface area contributed by atoms with Gasteiger partial charge in [0.2, 0.25) is 5.91 Å². The molecule has 0 atom stereocenters. The molecule has 3 aliphatic rings. The molecule has 16 nitrogen and oxygen atoms in total. The van der Waals surface area contributed by atoms with Crippen LogP contribution in [0.3, 0.4) is 0 Å².